The number of ether oxygens (including phenoxy) is 1. The van der Waals surface area contributed by atoms with Crippen molar-refractivity contribution in [2.75, 3.05) is 40.8 Å². The van der Waals surface area contributed by atoms with Crippen molar-refractivity contribution in [1.29, 1.82) is 0 Å². The van der Waals surface area contributed by atoms with E-state index >= 15 is 0 Å². The summed E-state index contributed by atoms with van der Waals surface area (Å²) in [5.41, 5.74) is -0.619. The predicted octanol–water partition coefficient (Wildman–Crippen LogP) is 0.942. The first-order chi connectivity index (χ1) is 9.34. The zero-order valence-corrected chi connectivity index (χ0v) is 13.9. The van der Waals surface area contributed by atoms with Crippen molar-refractivity contribution in [2.24, 2.45) is 0 Å². The van der Waals surface area contributed by atoms with Gasteiger partial charge in [-0.15, -0.1) is 0 Å². The molecule has 1 saturated heterocycles. The van der Waals surface area contributed by atoms with E-state index < -0.39 is 5.54 Å². The van der Waals surface area contributed by atoms with Crippen molar-refractivity contribution in [3.63, 3.8) is 0 Å². The Kier molecular flexibility index (Phi) is 6.43. The summed E-state index contributed by atoms with van der Waals surface area (Å²) in [4.78, 5) is 16.9. The molecule has 118 valence electrons. The Bertz CT molecular complexity index is 324. The van der Waals surface area contributed by atoms with Crippen molar-refractivity contribution in [3.8, 4) is 0 Å². The number of nitrogens with zero attached hydrogens (tertiary/aromatic N) is 2. The molecule has 1 fully saturated rings. The molecule has 3 atom stereocenters. The molecule has 20 heavy (non-hydrogen) atoms. The quantitative estimate of drug-likeness (QED) is 0.762. The van der Waals surface area contributed by atoms with Crippen LogP contribution in [0.25, 0.3) is 0 Å². The van der Waals surface area contributed by atoms with Crippen molar-refractivity contribution in [2.45, 2.75) is 51.2 Å². The van der Waals surface area contributed by atoms with Gasteiger partial charge in [-0.3, -0.25) is 9.69 Å². The normalized spacial score (nSPS) is 26.6. The van der Waals surface area contributed by atoms with Crippen LogP contribution in [0.3, 0.4) is 0 Å². The number of likely N-dealkylation sites (N-methyl/N-ethyl adjacent to an activating group) is 2. The number of nitrogens with one attached hydrogen (secondary N) is 1. The first kappa shape index (κ1) is 17.4. The van der Waals surface area contributed by atoms with Crippen LogP contribution in [0.15, 0.2) is 0 Å². The Balaban J connectivity index is 2.73. The minimum absolute atomic E-state index is 0.188. The Morgan fingerprint density at radius 3 is 2.70 bits per heavy atom. The molecular weight excluding hydrogens is 254 g/mol. The molecule has 5 heteroatoms. The smallest absolute Gasteiger partial charge is 0.325 e. The van der Waals surface area contributed by atoms with E-state index in [4.69, 9.17) is 4.74 Å². The second kappa shape index (κ2) is 7.38. The largest absolute Gasteiger partial charge is 0.468 e. The lowest BCUT2D eigenvalue weighted by Gasteiger charge is -2.38. The molecule has 1 N–H and O–H groups in total. The average molecular weight is 285 g/mol. The molecule has 0 radical (unpaired) electrons. The van der Waals surface area contributed by atoms with Crippen LogP contribution in [0.1, 0.15) is 33.6 Å². The minimum Gasteiger partial charge on any atom is -0.468 e. The lowest BCUT2D eigenvalue weighted by atomic mass is 9.92. The van der Waals surface area contributed by atoms with Gasteiger partial charge in [0.1, 0.15) is 5.54 Å². The molecule has 1 aliphatic heterocycles. The maximum atomic E-state index is 12.0. The highest BCUT2D eigenvalue weighted by atomic mass is 16.5. The van der Waals surface area contributed by atoms with Gasteiger partial charge in [-0.2, -0.15) is 0 Å². The number of esters is 1. The Hall–Kier alpha value is -0.650. The average Bonchev–Trinajstić information content (AvgIpc) is 2.57. The minimum atomic E-state index is -0.619. The molecular formula is C15H31N3O2. The van der Waals surface area contributed by atoms with Gasteiger partial charge in [0.2, 0.25) is 0 Å². The molecule has 0 aliphatic carbocycles. The molecule has 0 bridgehead atoms. The number of hydrogen-bond donors (Lipinski definition) is 1. The molecule has 3 unspecified atom stereocenters. The molecule has 0 aromatic carbocycles. The highest BCUT2D eigenvalue weighted by Gasteiger charge is 2.36. The maximum Gasteiger partial charge on any atom is 0.325 e. The van der Waals surface area contributed by atoms with E-state index in [0.717, 1.165) is 26.1 Å². The third kappa shape index (κ3) is 4.17. The van der Waals surface area contributed by atoms with Crippen molar-refractivity contribution in [1.82, 2.24) is 15.1 Å². The predicted molar refractivity (Wildman–Crippen MR) is 81.8 cm³/mol. The number of hydrogen-bond acceptors (Lipinski definition) is 5. The number of methoxy groups -OCH3 is 1. The van der Waals surface area contributed by atoms with Crippen molar-refractivity contribution >= 4 is 5.97 Å². The van der Waals surface area contributed by atoms with Crippen LogP contribution >= 0.6 is 0 Å². The molecule has 0 amide bonds. The van der Waals surface area contributed by atoms with E-state index in [1.54, 1.807) is 0 Å². The van der Waals surface area contributed by atoms with Crippen LogP contribution in [0.5, 0.6) is 0 Å². The summed E-state index contributed by atoms with van der Waals surface area (Å²) in [5, 5.41) is 3.13. The van der Waals surface area contributed by atoms with Gasteiger partial charge in [0.25, 0.3) is 0 Å². The van der Waals surface area contributed by atoms with Gasteiger partial charge >= 0.3 is 5.97 Å². The van der Waals surface area contributed by atoms with Crippen LogP contribution in [0.2, 0.25) is 0 Å². The van der Waals surface area contributed by atoms with E-state index in [-0.39, 0.29) is 5.97 Å². The first-order valence-corrected chi connectivity index (χ1v) is 7.55. The Labute approximate surface area is 123 Å². The summed E-state index contributed by atoms with van der Waals surface area (Å²) in [7, 11) is 5.45. The number of carbonyl (C=O) groups excluding carboxylic acids is 1. The molecule has 0 aromatic heterocycles. The van der Waals surface area contributed by atoms with Gasteiger partial charge in [0.15, 0.2) is 0 Å². The maximum absolute atomic E-state index is 12.0. The van der Waals surface area contributed by atoms with E-state index in [9.17, 15) is 4.79 Å². The lowest BCUT2D eigenvalue weighted by Crippen LogP contribution is -2.54. The molecule has 1 heterocycles. The van der Waals surface area contributed by atoms with Crippen LogP contribution in [-0.2, 0) is 9.53 Å². The third-order valence-electron chi connectivity index (χ3n) is 4.56. The standard InChI is InChI=1S/C15H31N3O2/c1-12(10-15(3,16-4)14(19)20-6)18-9-7-8-17(5)11-13(18)2/h12-13,16H,7-11H2,1-6H3. The van der Waals surface area contributed by atoms with Crippen LogP contribution in [-0.4, -0.2) is 74.2 Å². The monoisotopic (exact) mass is 285 g/mol. The fraction of sp³-hybridized carbons (Fsp3) is 0.933. The summed E-state index contributed by atoms with van der Waals surface area (Å²) >= 11 is 0. The van der Waals surface area contributed by atoms with Gasteiger partial charge in [-0.1, -0.05) is 0 Å². The van der Waals surface area contributed by atoms with Gasteiger partial charge in [-0.25, -0.2) is 0 Å². The van der Waals surface area contributed by atoms with Crippen LogP contribution < -0.4 is 5.32 Å². The molecule has 5 nitrogen and oxygen atoms in total. The topological polar surface area (TPSA) is 44.8 Å². The third-order valence-corrected chi connectivity index (χ3v) is 4.56. The fourth-order valence-electron chi connectivity index (χ4n) is 3.27. The zero-order valence-electron chi connectivity index (χ0n) is 13.9. The van der Waals surface area contributed by atoms with E-state index in [1.165, 1.54) is 13.5 Å². The van der Waals surface area contributed by atoms with E-state index in [0.29, 0.717) is 12.1 Å². The lowest BCUT2D eigenvalue weighted by molar-refractivity contribution is -0.148. The Morgan fingerprint density at radius 1 is 1.50 bits per heavy atom. The summed E-state index contributed by atoms with van der Waals surface area (Å²) < 4.78 is 4.93. The molecule has 1 rings (SSSR count). The molecule has 0 spiro atoms. The highest BCUT2D eigenvalue weighted by Crippen LogP contribution is 2.21. The van der Waals surface area contributed by atoms with Crippen LogP contribution in [0.4, 0.5) is 0 Å². The highest BCUT2D eigenvalue weighted by molar-refractivity contribution is 5.80. The molecule has 0 aromatic rings. The van der Waals surface area contributed by atoms with Crippen LogP contribution in [0, 0.1) is 0 Å². The number of rotatable bonds is 5. The fourth-order valence-corrected chi connectivity index (χ4v) is 3.27. The molecule has 0 saturated carbocycles. The Morgan fingerprint density at radius 2 is 2.15 bits per heavy atom. The summed E-state index contributed by atoms with van der Waals surface area (Å²) in [6, 6.07) is 0.851. The van der Waals surface area contributed by atoms with E-state index in [2.05, 4.69) is 36.0 Å². The SMILES string of the molecule is CNC(C)(CC(C)N1CCCN(C)CC1C)C(=O)OC. The zero-order chi connectivity index (χ0) is 15.3. The van der Waals surface area contributed by atoms with Crippen molar-refractivity contribution in [3.05, 3.63) is 0 Å². The molecule has 1 aliphatic rings. The first-order valence-electron chi connectivity index (χ1n) is 7.55. The summed E-state index contributed by atoms with van der Waals surface area (Å²) in [6.07, 6.45) is 1.93. The second-order valence-corrected chi connectivity index (χ2v) is 6.33. The van der Waals surface area contributed by atoms with Gasteiger partial charge in [0.05, 0.1) is 7.11 Å². The van der Waals surface area contributed by atoms with Gasteiger partial charge in [-0.05, 0) is 60.8 Å². The number of carbonyl (C=O) groups is 1. The van der Waals surface area contributed by atoms with Gasteiger partial charge in [0, 0.05) is 18.6 Å². The van der Waals surface area contributed by atoms with E-state index in [1.807, 2.05) is 14.0 Å². The summed E-state index contributed by atoms with van der Waals surface area (Å²) in [5.74, 6) is -0.188. The summed E-state index contributed by atoms with van der Waals surface area (Å²) in [6.45, 7) is 9.72. The second-order valence-electron chi connectivity index (χ2n) is 6.33. The van der Waals surface area contributed by atoms with Gasteiger partial charge < -0.3 is 15.0 Å². The van der Waals surface area contributed by atoms with Crippen molar-refractivity contribution < 1.29 is 9.53 Å².